The molecule has 2 heterocycles. The number of nitrogens with zero attached hydrogens (tertiary/aromatic N) is 2. The Labute approximate surface area is 158 Å². The first-order valence-electron chi connectivity index (χ1n) is 9.56. The van der Waals surface area contributed by atoms with E-state index in [-0.39, 0.29) is 30.8 Å². The fourth-order valence-electron chi connectivity index (χ4n) is 3.73. The van der Waals surface area contributed by atoms with Crippen LogP contribution in [0.5, 0.6) is 5.75 Å². The van der Waals surface area contributed by atoms with Crippen LogP contribution in [0, 0.1) is 5.92 Å². The molecule has 1 aromatic carbocycles. The lowest BCUT2D eigenvalue weighted by molar-refractivity contribution is -0.137. The molecule has 1 unspecified atom stereocenters. The molecular formula is C20H26N2O5. The Balaban J connectivity index is 1.47. The Morgan fingerprint density at radius 1 is 1.15 bits per heavy atom. The topological polar surface area (TPSA) is 87.2 Å². The van der Waals surface area contributed by atoms with Gasteiger partial charge in [0, 0.05) is 38.2 Å². The largest absolute Gasteiger partial charge is 0.484 e. The zero-order valence-corrected chi connectivity index (χ0v) is 15.4. The van der Waals surface area contributed by atoms with Crippen LogP contribution >= 0.6 is 0 Å². The van der Waals surface area contributed by atoms with Gasteiger partial charge in [0.05, 0.1) is 0 Å². The third kappa shape index (κ3) is 5.21. The van der Waals surface area contributed by atoms with Gasteiger partial charge in [0.2, 0.25) is 5.91 Å². The van der Waals surface area contributed by atoms with Crippen molar-refractivity contribution in [2.75, 3.05) is 31.1 Å². The smallest absolute Gasteiger partial charge is 0.303 e. The Bertz CT molecular complexity index is 688. The van der Waals surface area contributed by atoms with Crippen LogP contribution in [0.15, 0.2) is 24.3 Å². The van der Waals surface area contributed by atoms with E-state index >= 15 is 0 Å². The number of rotatable bonds is 7. The van der Waals surface area contributed by atoms with Crippen molar-refractivity contribution >= 4 is 23.5 Å². The van der Waals surface area contributed by atoms with Gasteiger partial charge in [0.25, 0.3) is 5.91 Å². The minimum Gasteiger partial charge on any atom is -0.484 e. The number of anilines is 1. The fraction of sp³-hybridized carbons (Fsp3) is 0.550. The minimum atomic E-state index is -0.791. The molecule has 0 spiro atoms. The van der Waals surface area contributed by atoms with Gasteiger partial charge < -0.3 is 19.6 Å². The summed E-state index contributed by atoms with van der Waals surface area (Å²) in [5.74, 6) is 0.116. The van der Waals surface area contributed by atoms with E-state index in [2.05, 4.69) is 0 Å². The average molecular weight is 374 g/mol. The molecule has 7 nitrogen and oxygen atoms in total. The Morgan fingerprint density at radius 2 is 1.93 bits per heavy atom. The van der Waals surface area contributed by atoms with Gasteiger partial charge in [0.1, 0.15) is 5.75 Å². The number of hydrogen-bond acceptors (Lipinski definition) is 4. The molecule has 0 aliphatic carbocycles. The number of carbonyl (C=O) groups is 3. The van der Waals surface area contributed by atoms with E-state index in [0.717, 1.165) is 31.5 Å². The first-order valence-corrected chi connectivity index (χ1v) is 9.56. The molecule has 0 aromatic heterocycles. The van der Waals surface area contributed by atoms with Gasteiger partial charge in [-0.05, 0) is 55.9 Å². The van der Waals surface area contributed by atoms with Gasteiger partial charge in [-0.25, -0.2) is 0 Å². The zero-order chi connectivity index (χ0) is 19.2. The molecule has 146 valence electrons. The fourth-order valence-corrected chi connectivity index (χ4v) is 3.73. The maximum atomic E-state index is 12.4. The number of benzene rings is 1. The summed E-state index contributed by atoms with van der Waals surface area (Å²) >= 11 is 0. The van der Waals surface area contributed by atoms with Crippen molar-refractivity contribution in [1.29, 1.82) is 0 Å². The van der Waals surface area contributed by atoms with Gasteiger partial charge in [-0.15, -0.1) is 0 Å². The molecule has 1 N–H and O–H groups in total. The monoisotopic (exact) mass is 374 g/mol. The van der Waals surface area contributed by atoms with E-state index in [0.29, 0.717) is 31.7 Å². The Hall–Kier alpha value is -2.57. The molecule has 0 saturated carbocycles. The van der Waals surface area contributed by atoms with Crippen molar-refractivity contribution in [2.45, 2.75) is 38.5 Å². The van der Waals surface area contributed by atoms with E-state index in [1.165, 1.54) is 0 Å². The molecule has 2 amide bonds. The third-order valence-electron chi connectivity index (χ3n) is 5.22. The predicted octanol–water partition coefficient (Wildman–Crippen LogP) is 2.30. The lowest BCUT2D eigenvalue weighted by Gasteiger charge is -2.32. The van der Waals surface area contributed by atoms with E-state index in [1.807, 2.05) is 12.1 Å². The highest BCUT2D eigenvalue weighted by molar-refractivity contribution is 5.95. The van der Waals surface area contributed by atoms with E-state index < -0.39 is 5.97 Å². The van der Waals surface area contributed by atoms with E-state index in [9.17, 15) is 14.4 Å². The second kappa shape index (κ2) is 8.88. The summed E-state index contributed by atoms with van der Waals surface area (Å²) in [6, 6.07) is 7.23. The molecule has 3 rings (SSSR count). The number of hydrogen-bond donors (Lipinski definition) is 1. The second-order valence-electron chi connectivity index (χ2n) is 7.21. The minimum absolute atomic E-state index is 0.0341. The normalized spacial score (nSPS) is 20.0. The summed E-state index contributed by atoms with van der Waals surface area (Å²) in [6.07, 6.45) is 4.10. The molecule has 2 aliphatic heterocycles. The molecular weight excluding hydrogens is 348 g/mol. The summed E-state index contributed by atoms with van der Waals surface area (Å²) in [7, 11) is 0. The number of ether oxygens (including phenoxy) is 1. The van der Waals surface area contributed by atoms with Crippen LogP contribution < -0.4 is 9.64 Å². The molecule has 1 aromatic rings. The SMILES string of the molecule is O=C(O)CCC1CCCN(C(=O)COc2ccc(N3CCCC3=O)cc2)C1. The number of piperidine rings is 1. The molecule has 0 radical (unpaired) electrons. The number of aliphatic carboxylic acids is 1. The lowest BCUT2D eigenvalue weighted by Crippen LogP contribution is -2.42. The first-order chi connectivity index (χ1) is 13.0. The maximum absolute atomic E-state index is 12.4. The van der Waals surface area contributed by atoms with Crippen LogP contribution in [0.25, 0.3) is 0 Å². The number of likely N-dealkylation sites (tertiary alicyclic amines) is 1. The van der Waals surface area contributed by atoms with Gasteiger partial charge in [0.15, 0.2) is 6.61 Å². The van der Waals surface area contributed by atoms with Crippen molar-refractivity contribution in [3.05, 3.63) is 24.3 Å². The summed E-state index contributed by atoms with van der Waals surface area (Å²) in [5.41, 5.74) is 0.855. The lowest BCUT2D eigenvalue weighted by atomic mass is 9.93. The van der Waals surface area contributed by atoms with Crippen LogP contribution in [0.1, 0.15) is 38.5 Å². The Kier molecular flexibility index (Phi) is 6.32. The quantitative estimate of drug-likeness (QED) is 0.791. The predicted molar refractivity (Wildman–Crippen MR) is 99.7 cm³/mol. The van der Waals surface area contributed by atoms with Crippen molar-refractivity contribution < 1.29 is 24.2 Å². The van der Waals surface area contributed by atoms with Gasteiger partial charge in [-0.1, -0.05) is 0 Å². The van der Waals surface area contributed by atoms with Crippen LogP contribution in [-0.2, 0) is 14.4 Å². The van der Waals surface area contributed by atoms with Crippen molar-refractivity contribution in [3.63, 3.8) is 0 Å². The highest BCUT2D eigenvalue weighted by Crippen LogP contribution is 2.24. The molecule has 27 heavy (non-hydrogen) atoms. The van der Waals surface area contributed by atoms with E-state index in [4.69, 9.17) is 9.84 Å². The molecule has 2 fully saturated rings. The molecule has 7 heteroatoms. The molecule has 1 atom stereocenters. The summed E-state index contributed by atoms with van der Waals surface area (Å²) in [4.78, 5) is 38.4. The average Bonchev–Trinajstić information content (AvgIpc) is 3.11. The number of carboxylic acid groups (broad SMARTS) is 1. The molecule has 2 saturated heterocycles. The maximum Gasteiger partial charge on any atom is 0.303 e. The standard InChI is InChI=1S/C20H26N2O5/c23-18-4-2-12-22(18)16-6-8-17(9-7-16)27-14-19(24)21-11-1-3-15(13-21)5-10-20(25)26/h6-9,15H,1-5,10-14H2,(H,25,26). The van der Waals surface area contributed by atoms with Crippen molar-refractivity contribution in [2.24, 2.45) is 5.92 Å². The zero-order valence-electron chi connectivity index (χ0n) is 15.4. The number of amides is 2. The van der Waals surface area contributed by atoms with Crippen molar-refractivity contribution in [1.82, 2.24) is 4.90 Å². The molecule has 0 bridgehead atoms. The van der Waals surface area contributed by atoms with Gasteiger partial charge in [-0.2, -0.15) is 0 Å². The first kappa shape index (κ1) is 19.2. The summed E-state index contributed by atoms with van der Waals surface area (Å²) < 4.78 is 5.61. The summed E-state index contributed by atoms with van der Waals surface area (Å²) in [5, 5.41) is 8.81. The highest BCUT2D eigenvalue weighted by Gasteiger charge is 2.24. The van der Waals surface area contributed by atoms with Crippen molar-refractivity contribution in [3.8, 4) is 5.75 Å². The van der Waals surface area contributed by atoms with Crippen LogP contribution in [-0.4, -0.2) is 54.0 Å². The summed E-state index contributed by atoms with van der Waals surface area (Å²) in [6.45, 7) is 2.01. The van der Waals surface area contributed by atoms with E-state index in [1.54, 1.807) is 21.9 Å². The number of carbonyl (C=O) groups excluding carboxylic acids is 2. The van der Waals surface area contributed by atoms with Gasteiger partial charge >= 0.3 is 5.97 Å². The van der Waals surface area contributed by atoms with Crippen LogP contribution in [0.4, 0.5) is 5.69 Å². The number of carboxylic acids is 1. The van der Waals surface area contributed by atoms with Gasteiger partial charge in [-0.3, -0.25) is 14.4 Å². The van der Waals surface area contributed by atoms with Crippen LogP contribution in [0.2, 0.25) is 0 Å². The molecule has 2 aliphatic rings. The Morgan fingerprint density at radius 3 is 2.59 bits per heavy atom. The van der Waals surface area contributed by atoms with Crippen LogP contribution in [0.3, 0.4) is 0 Å². The second-order valence-corrected chi connectivity index (χ2v) is 7.21. The highest BCUT2D eigenvalue weighted by atomic mass is 16.5. The third-order valence-corrected chi connectivity index (χ3v) is 5.22.